The molecule has 0 aromatic heterocycles. The molecule has 0 saturated heterocycles. The topological polar surface area (TPSA) is 115 Å². The van der Waals surface area contributed by atoms with Gasteiger partial charge in [-0.05, 0) is 37.2 Å². The van der Waals surface area contributed by atoms with E-state index in [1.54, 1.807) is 0 Å². The summed E-state index contributed by atoms with van der Waals surface area (Å²) in [7, 11) is -3.38. The number of primary amides is 1. The third-order valence-electron chi connectivity index (χ3n) is 2.06. The molecule has 0 spiro atoms. The molecule has 0 saturated carbocycles. The minimum atomic E-state index is -3.38. The molecule has 5 N–H and O–H groups in total. The number of carbonyl (C=O) groups excluding carboxylic acids is 1. The van der Waals surface area contributed by atoms with Crippen LogP contribution < -0.4 is 16.2 Å². The fraction of sp³-hybridized carbons (Fsp3) is 0.300. The summed E-state index contributed by atoms with van der Waals surface area (Å²) in [4.78, 5) is 10.8. The van der Waals surface area contributed by atoms with Crippen molar-refractivity contribution in [2.45, 2.75) is 6.42 Å². The highest BCUT2D eigenvalue weighted by Crippen LogP contribution is 2.11. The second-order valence-electron chi connectivity index (χ2n) is 3.50. The van der Waals surface area contributed by atoms with Crippen LogP contribution in [0.15, 0.2) is 24.3 Å². The number of nitrogens with two attached hydrogens (primary N) is 2. The van der Waals surface area contributed by atoms with E-state index in [1.807, 2.05) is 0 Å². The number of carbonyl (C=O) groups is 1. The molecular formula is C10H15N3O3S. The lowest BCUT2D eigenvalue weighted by atomic mass is 10.2. The zero-order valence-electron chi connectivity index (χ0n) is 9.22. The molecule has 0 aliphatic heterocycles. The van der Waals surface area contributed by atoms with Crippen molar-refractivity contribution < 1.29 is 13.2 Å². The van der Waals surface area contributed by atoms with Gasteiger partial charge in [0.2, 0.25) is 15.9 Å². The van der Waals surface area contributed by atoms with Gasteiger partial charge in [0.1, 0.15) is 0 Å². The van der Waals surface area contributed by atoms with Gasteiger partial charge in [-0.15, -0.1) is 0 Å². The first-order chi connectivity index (χ1) is 7.94. The van der Waals surface area contributed by atoms with Gasteiger partial charge in [0.25, 0.3) is 0 Å². The summed E-state index contributed by atoms with van der Waals surface area (Å²) in [6.45, 7) is 0.321. The zero-order chi connectivity index (χ0) is 12.9. The number of hydrogen-bond acceptors (Lipinski definition) is 4. The van der Waals surface area contributed by atoms with Crippen molar-refractivity contribution in [3.8, 4) is 0 Å². The third-order valence-corrected chi connectivity index (χ3v) is 3.43. The molecule has 1 aromatic carbocycles. The third kappa shape index (κ3) is 4.41. The van der Waals surface area contributed by atoms with E-state index in [0.717, 1.165) is 0 Å². The van der Waals surface area contributed by atoms with Gasteiger partial charge in [-0.3, -0.25) is 9.52 Å². The first kappa shape index (κ1) is 13.5. The lowest BCUT2D eigenvalue weighted by molar-refractivity contribution is 0.100. The average molecular weight is 257 g/mol. The summed E-state index contributed by atoms with van der Waals surface area (Å²) in [5.41, 5.74) is 11.0. The number of hydrogen-bond donors (Lipinski definition) is 3. The fourth-order valence-electron chi connectivity index (χ4n) is 1.21. The summed E-state index contributed by atoms with van der Waals surface area (Å²) < 4.78 is 25.4. The molecule has 17 heavy (non-hydrogen) atoms. The first-order valence-corrected chi connectivity index (χ1v) is 6.70. The van der Waals surface area contributed by atoms with Gasteiger partial charge in [-0.1, -0.05) is 0 Å². The van der Waals surface area contributed by atoms with Gasteiger partial charge < -0.3 is 11.5 Å². The van der Waals surface area contributed by atoms with Gasteiger partial charge in [0, 0.05) is 11.3 Å². The largest absolute Gasteiger partial charge is 0.366 e. The van der Waals surface area contributed by atoms with Crippen molar-refractivity contribution in [1.82, 2.24) is 0 Å². The molecule has 0 radical (unpaired) electrons. The highest BCUT2D eigenvalue weighted by molar-refractivity contribution is 7.92. The van der Waals surface area contributed by atoms with Gasteiger partial charge >= 0.3 is 0 Å². The summed E-state index contributed by atoms with van der Waals surface area (Å²) in [5, 5.41) is 0. The van der Waals surface area contributed by atoms with Crippen LogP contribution in [0.3, 0.4) is 0 Å². The van der Waals surface area contributed by atoms with E-state index in [9.17, 15) is 13.2 Å². The summed E-state index contributed by atoms with van der Waals surface area (Å²) in [6, 6.07) is 5.90. The van der Waals surface area contributed by atoms with E-state index in [-0.39, 0.29) is 5.75 Å². The number of anilines is 1. The standard InChI is InChI=1S/C10H15N3O3S/c11-6-1-7-17(15,16)13-9-4-2-8(3-5-9)10(12)14/h2-5,13H,1,6-7,11H2,(H2,12,14). The average Bonchev–Trinajstić information content (AvgIpc) is 2.26. The second kappa shape index (κ2) is 5.65. The summed E-state index contributed by atoms with van der Waals surface area (Å²) in [5.74, 6) is -0.580. The van der Waals surface area contributed by atoms with E-state index in [4.69, 9.17) is 11.5 Å². The molecule has 0 aliphatic carbocycles. The number of sulfonamides is 1. The summed E-state index contributed by atoms with van der Waals surface area (Å²) in [6.07, 6.45) is 0.398. The number of nitrogens with one attached hydrogen (secondary N) is 1. The smallest absolute Gasteiger partial charge is 0.248 e. The lowest BCUT2D eigenvalue weighted by Gasteiger charge is -2.07. The highest BCUT2D eigenvalue weighted by Gasteiger charge is 2.09. The molecule has 0 fully saturated rings. The number of rotatable bonds is 6. The molecule has 0 aliphatic rings. The Kier molecular flexibility index (Phi) is 4.47. The van der Waals surface area contributed by atoms with Gasteiger partial charge in [0.15, 0.2) is 0 Å². The Hall–Kier alpha value is -1.60. The lowest BCUT2D eigenvalue weighted by Crippen LogP contribution is -2.19. The predicted octanol–water partition coefficient (Wildman–Crippen LogP) is -0.124. The van der Waals surface area contributed by atoms with E-state index < -0.39 is 15.9 Å². The monoisotopic (exact) mass is 257 g/mol. The molecule has 1 rings (SSSR count). The van der Waals surface area contributed by atoms with Crippen LogP contribution in [-0.2, 0) is 10.0 Å². The SMILES string of the molecule is NCCCS(=O)(=O)Nc1ccc(C(N)=O)cc1. The van der Waals surface area contributed by atoms with Crippen molar-refractivity contribution >= 4 is 21.6 Å². The zero-order valence-corrected chi connectivity index (χ0v) is 10.0. The van der Waals surface area contributed by atoms with Gasteiger partial charge in [-0.25, -0.2) is 8.42 Å². The van der Waals surface area contributed by atoms with Crippen LogP contribution in [0.1, 0.15) is 16.8 Å². The maximum absolute atomic E-state index is 11.5. The molecular weight excluding hydrogens is 242 g/mol. The Labute approximate surface area is 100 Å². The normalized spacial score (nSPS) is 11.1. The van der Waals surface area contributed by atoms with Crippen LogP contribution in [0.2, 0.25) is 0 Å². The number of benzene rings is 1. The van der Waals surface area contributed by atoms with Crippen molar-refractivity contribution in [2.75, 3.05) is 17.0 Å². The van der Waals surface area contributed by atoms with Crippen LogP contribution >= 0.6 is 0 Å². The van der Waals surface area contributed by atoms with Crippen LogP contribution in [0.5, 0.6) is 0 Å². The molecule has 6 nitrogen and oxygen atoms in total. The molecule has 94 valence electrons. The van der Waals surface area contributed by atoms with Crippen molar-refractivity contribution in [1.29, 1.82) is 0 Å². The molecule has 7 heteroatoms. The Balaban J connectivity index is 2.72. The molecule has 1 aromatic rings. The molecule has 0 bridgehead atoms. The van der Waals surface area contributed by atoms with E-state index in [1.165, 1.54) is 24.3 Å². The quantitative estimate of drug-likeness (QED) is 0.658. The number of amides is 1. The van der Waals surface area contributed by atoms with Crippen molar-refractivity contribution in [2.24, 2.45) is 11.5 Å². The second-order valence-corrected chi connectivity index (χ2v) is 5.35. The molecule has 0 unspecified atom stereocenters. The van der Waals surface area contributed by atoms with E-state index >= 15 is 0 Å². The van der Waals surface area contributed by atoms with Crippen LogP contribution in [-0.4, -0.2) is 26.6 Å². The maximum Gasteiger partial charge on any atom is 0.248 e. The maximum atomic E-state index is 11.5. The Bertz CT molecular complexity index is 482. The first-order valence-electron chi connectivity index (χ1n) is 5.05. The summed E-state index contributed by atoms with van der Waals surface area (Å²) >= 11 is 0. The van der Waals surface area contributed by atoms with Crippen LogP contribution in [0.25, 0.3) is 0 Å². The highest BCUT2D eigenvalue weighted by atomic mass is 32.2. The Morgan fingerprint density at radius 2 is 1.82 bits per heavy atom. The van der Waals surface area contributed by atoms with E-state index in [0.29, 0.717) is 24.2 Å². The van der Waals surface area contributed by atoms with Crippen molar-refractivity contribution in [3.05, 3.63) is 29.8 Å². The van der Waals surface area contributed by atoms with Crippen LogP contribution in [0.4, 0.5) is 5.69 Å². The predicted molar refractivity (Wildman–Crippen MR) is 66.0 cm³/mol. The van der Waals surface area contributed by atoms with Gasteiger partial charge in [0.05, 0.1) is 5.75 Å². The molecule has 0 atom stereocenters. The Morgan fingerprint density at radius 3 is 2.29 bits per heavy atom. The van der Waals surface area contributed by atoms with Crippen LogP contribution in [0, 0.1) is 0 Å². The minimum absolute atomic E-state index is 0.0267. The van der Waals surface area contributed by atoms with Gasteiger partial charge in [-0.2, -0.15) is 0 Å². The van der Waals surface area contributed by atoms with Crippen molar-refractivity contribution in [3.63, 3.8) is 0 Å². The van der Waals surface area contributed by atoms with E-state index in [2.05, 4.69) is 4.72 Å². The molecule has 1 amide bonds. The fourth-order valence-corrected chi connectivity index (χ4v) is 2.35. The minimum Gasteiger partial charge on any atom is -0.366 e. The molecule has 0 heterocycles. The Morgan fingerprint density at radius 1 is 1.24 bits per heavy atom.